The molecule has 0 saturated carbocycles. The molecular formula is C22H24BrN3O. The van der Waals surface area contributed by atoms with Crippen molar-refractivity contribution in [2.24, 2.45) is 0 Å². The van der Waals surface area contributed by atoms with Crippen LogP contribution in [0.25, 0.3) is 5.69 Å². The van der Waals surface area contributed by atoms with E-state index in [0.717, 1.165) is 41.7 Å². The van der Waals surface area contributed by atoms with E-state index in [0.29, 0.717) is 0 Å². The summed E-state index contributed by atoms with van der Waals surface area (Å²) in [5.74, 6) is 2.07. The number of nitrogens with one attached hydrogen (secondary N) is 1. The predicted molar refractivity (Wildman–Crippen MR) is 113 cm³/mol. The Bertz CT molecular complexity index is 901. The van der Waals surface area contributed by atoms with Gasteiger partial charge >= 0.3 is 0 Å². The van der Waals surface area contributed by atoms with Crippen LogP contribution in [0.15, 0.2) is 53.0 Å². The molecule has 2 heterocycles. The zero-order valence-corrected chi connectivity index (χ0v) is 17.1. The van der Waals surface area contributed by atoms with Gasteiger partial charge in [-0.25, -0.2) is 4.68 Å². The maximum Gasteiger partial charge on any atom is 0.133 e. The number of nitrogens with zero attached hydrogens (tertiary/aromatic N) is 2. The van der Waals surface area contributed by atoms with Crippen LogP contribution in [-0.2, 0) is 19.3 Å². The second-order valence-electron chi connectivity index (χ2n) is 6.89. The largest absolute Gasteiger partial charge is 0.497 e. The topological polar surface area (TPSA) is 39.1 Å². The fourth-order valence-electron chi connectivity index (χ4n) is 3.60. The molecule has 1 N–H and O–H groups in total. The maximum absolute atomic E-state index is 5.25. The molecule has 0 fully saturated rings. The van der Waals surface area contributed by atoms with Crippen molar-refractivity contribution in [3.63, 3.8) is 0 Å². The van der Waals surface area contributed by atoms with Crippen molar-refractivity contribution in [3.05, 3.63) is 69.8 Å². The Balaban J connectivity index is 1.62. The van der Waals surface area contributed by atoms with Gasteiger partial charge in [0.05, 0.1) is 18.5 Å². The molecule has 1 aromatic heterocycles. The van der Waals surface area contributed by atoms with Gasteiger partial charge in [0.25, 0.3) is 0 Å². The summed E-state index contributed by atoms with van der Waals surface area (Å²) in [7, 11) is 1.70. The molecular weight excluding hydrogens is 402 g/mol. The van der Waals surface area contributed by atoms with E-state index in [9.17, 15) is 0 Å². The lowest BCUT2D eigenvalue weighted by atomic mass is 10.0. The van der Waals surface area contributed by atoms with Crippen molar-refractivity contribution in [1.29, 1.82) is 0 Å². The van der Waals surface area contributed by atoms with Crippen LogP contribution in [0.3, 0.4) is 0 Å². The van der Waals surface area contributed by atoms with Crippen molar-refractivity contribution >= 4 is 21.7 Å². The Morgan fingerprint density at radius 2 is 1.81 bits per heavy atom. The number of aryl methyl sites for hydroxylation is 2. The van der Waals surface area contributed by atoms with Crippen molar-refractivity contribution in [1.82, 2.24) is 9.78 Å². The zero-order valence-electron chi connectivity index (χ0n) is 15.5. The van der Waals surface area contributed by atoms with Crippen LogP contribution in [0.5, 0.6) is 5.75 Å². The third kappa shape index (κ3) is 4.03. The fourth-order valence-corrected chi connectivity index (χ4v) is 3.86. The third-order valence-electron chi connectivity index (χ3n) is 5.09. The fraction of sp³-hybridized carbons (Fsp3) is 0.318. The highest BCUT2D eigenvalue weighted by Gasteiger charge is 2.20. The van der Waals surface area contributed by atoms with Crippen LogP contribution in [0.4, 0.5) is 5.82 Å². The summed E-state index contributed by atoms with van der Waals surface area (Å²) in [6.45, 7) is 1.01. The minimum atomic E-state index is 0.899. The number of hydrogen-bond donors (Lipinski definition) is 1. The Hall–Kier alpha value is -2.27. The SMILES string of the molecule is COc1ccc(CCc2nn(-c3ccc(Br)cc3)c3c2CCCCN3)cc1. The number of methoxy groups -OCH3 is 1. The smallest absolute Gasteiger partial charge is 0.133 e. The second-order valence-corrected chi connectivity index (χ2v) is 7.81. The first-order chi connectivity index (χ1) is 13.2. The van der Waals surface area contributed by atoms with Crippen LogP contribution < -0.4 is 10.1 Å². The molecule has 1 aliphatic heterocycles. The molecule has 0 atom stereocenters. The molecule has 4 rings (SSSR count). The standard InChI is InChI=1S/C22H24BrN3O/c1-27-19-12-5-16(6-13-19)7-14-21-20-4-2-3-15-24-22(20)26(25-21)18-10-8-17(23)9-11-18/h5-6,8-13,24H,2-4,7,14-15H2,1H3. The second kappa shape index (κ2) is 8.17. The van der Waals surface area contributed by atoms with Gasteiger partial charge in [0.2, 0.25) is 0 Å². The molecule has 0 aliphatic carbocycles. The normalized spacial score (nSPS) is 13.6. The van der Waals surface area contributed by atoms with Crippen LogP contribution in [0.1, 0.15) is 29.7 Å². The van der Waals surface area contributed by atoms with E-state index in [2.05, 4.69) is 62.3 Å². The van der Waals surface area contributed by atoms with Crippen LogP contribution in [0, 0.1) is 0 Å². The van der Waals surface area contributed by atoms with Crippen LogP contribution in [-0.4, -0.2) is 23.4 Å². The molecule has 0 radical (unpaired) electrons. The Kier molecular flexibility index (Phi) is 5.48. The zero-order chi connectivity index (χ0) is 18.6. The summed E-state index contributed by atoms with van der Waals surface area (Å²) >= 11 is 3.52. The molecule has 0 unspecified atom stereocenters. The molecule has 0 saturated heterocycles. The quantitative estimate of drug-likeness (QED) is 0.611. The van der Waals surface area contributed by atoms with Gasteiger partial charge in [0.15, 0.2) is 0 Å². The Morgan fingerprint density at radius 1 is 1.04 bits per heavy atom. The maximum atomic E-state index is 5.25. The summed E-state index contributed by atoms with van der Waals surface area (Å²) in [6, 6.07) is 16.7. The van der Waals surface area contributed by atoms with E-state index in [1.807, 2.05) is 12.1 Å². The summed E-state index contributed by atoms with van der Waals surface area (Å²) in [4.78, 5) is 0. The average molecular weight is 426 g/mol. The molecule has 2 aromatic carbocycles. The molecule has 4 nitrogen and oxygen atoms in total. The van der Waals surface area contributed by atoms with Gasteiger partial charge in [-0.15, -0.1) is 0 Å². The van der Waals surface area contributed by atoms with E-state index in [1.54, 1.807) is 7.11 Å². The predicted octanol–water partition coefficient (Wildman–Crippen LogP) is 5.18. The van der Waals surface area contributed by atoms with Gasteiger partial charge in [0.1, 0.15) is 11.6 Å². The average Bonchev–Trinajstić information content (AvgIpc) is 2.88. The van der Waals surface area contributed by atoms with Crippen molar-refractivity contribution in [2.75, 3.05) is 19.0 Å². The van der Waals surface area contributed by atoms with E-state index in [-0.39, 0.29) is 0 Å². The third-order valence-corrected chi connectivity index (χ3v) is 5.62. The molecule has 0 spiro atoms. The summed E-state index contributed by atoms with van der Waals surface area (Å²) in [5, 5.41) is 8.61. The van der Waals surface area contributed by atoms with Crippen molar-refractivity contribution < 1.29 is 4.74 Å². The van der Waals surface area contributed by atoms with Gasteiger partial charge < -0.3 is 10.1 Å². The highest BCUT2D eigenvalue weighted by Crippen LogP contribution is 2.29. The number of hydrogen-bond acceptors (Lipinski definition) is 3. The number of ether oxygens (including phenoxy) is 1. The molecule has 0 bridgehead atoms. The van der Waals surface area contributed by atoms with Gasteiger partial charge in [-0.05, 0) is 74.1 Å². The van der Waals surface area contributed by atoms with E-state index in [1.165, 1.54) is 35.5 Å². The summed E-state index contributed by atoms with van der Waals surface area (Å²) in [6.07, 6.45) is 5.43. The number of halogens is 1. The monoisotopic (exact) mass is 425 g/mol. The van der Waals surface area contributed by atoms with Crippen LogP contribution >= 0.6 is 15.9 Å². The number of benzene rings is 2. The Labute approximate surface area is 168 Å². The highest BCUT2D eigenvalue weighted by molar-refractivity contribution is 9.10. The van der Waals surface area contributed by atoms with E-state index >= 15 is 0 Å². The molecule has 5 heteroatoms. The molecule has 1 aliphatic rings. The first-order valence-corrected chi connectivity index (χ1v) is 10.3. The van der Waals surface area contributed by atoms with Crippen LogP contribution in [0.2, 0.25) is 0 Å². The highest BCUT2D eigenvalue weighted by atomic mass is 79.9. The van der Waals surface area contributed by atoms with Crippen molar-refractivity contribution in [2.45, 2.75) is 32.1 Å². The lowest BCUT2D eigenvalue weighted by molar-refractivity contribution is 0.414. The lowest BCUT2D eigenvalue weighted by Crippen LogP contribution is -2.07. The first kappa shape index (κ1) is 18.1. The van der Waals surface area contributed by atoms with E-state index in [4.69, 9.17) is 9.84 Å². The minimum Gasteiger partial charge on any atom is -0.497 e. The van der Waals surface area contributed by atoms with Gasteiger partial charge in [-0.1, -0.05) is 28.1 Å². The number of rotatable bonds is 5. The van der Waals surface area contributed by atoms with Gasteiger partial charge in [-0.3, -0.25) is 0 Å². The number of anilines is 1. The molecule has 140 valence electrons. The molecule has 0 amide bonds. The van der Waals surface area contributed by atoms with E-state index < -0.39 is 0 Å². The van der Waals surface area contributed by atoms with Gasteiger partial charge in [-0.2, -0.15) is 5.10 Å². The number of aromatic nitrogens is 2. The molecule has 3 aromatic rings. The first-order valence-electron chi connectivity index (χ1n) is 9.48. The summed E-state index contributed by atoms with van der Waals surface area (Å²) in [5.41, 5.74) is 4.99. The summed E-state index contributed by atoms with van der Waals surface area (Å²) < 4.78 is 8.41. The van der Waals surface area contributed by atoms with Crippen molar-refractivity contribution in [3.8, 4) is 11.4 Å². The van der Waals surface area contributed by atoms with Gasteiger partial charge in [0, 0.05) is 16.6 Å². The Morgan fingerprint density at radius 3 is 2.56 bits per heavy atom. The molecule has 27 heavy (non-hydrogen) atoms. The number of fused-ring (bicyclic) bond motifs is 1. The lowest BCUT2D eigenvalue weighted by Gasteiger charge is -2.09. The minimum absolute atomic E-state index is 0.899.